The molecule has 1 N–H and O–H groups in total. The SMILES string of the molecule is CON1NN=NC1(c1ccccc1)c1ccccc1. The van der Waals surface area contributed by atoms with Crippen molar-refractivity contribution in [2.24, 2.45) is 10.3 Å². The average Bonchev–Trinajstić information content (AvgIpc) is 2.94. The summed E-state index contributed by atoms with van der Waals surface area (Å²) in [5, 5.41) is 9.83. The average molecular weight is 254 g/mol. The van der Waals surface area contributed by atoms with E-state index < -0.39 is 5.66 Å². The highest BCUT2D eigenvalue weighted by molar-refractivity contribution is 5.37. The van der Waals surface area contributed by atoms with Crippen LogP contribution in [0.3, 0.4) is 0 Å². The van der Waals surface area contributed by atoms with Crippen molar-refractivity contribution in [3.8, 4) is 0 Å². The Balaban J connectivity index is 2.20. The van der Waals surface area contributed by atoms with Crippen molar-refractivity contribution in [2.45, 2.75) is 5.66 Å². The molecule has 1 heterocycles. The smallest absolute Gasteiger partial charge is 0.230 e. The van der Waals surface area contributed by atoms with Crippen LogP contribution in [0, 0.1) is 0 Å². The molecule has 0 spiro atoms. The lowest BCUT2D eigenvalue weighted by molar-refractivity contribution is -0.211. The minimum Gasteiger partial charge on any atom is -0.279 e. The lowest BCUT2D eigenvalue weighted by Crippen LogP contribution is -2.46. The van der Waals surface area contributed by atoms with Crippen LogP contribution in [0.15, 0.2) is 71.0 Å². The van der Waals surface area contributed by atoms with Gasteiger partial charge in [-0.05, 0) is 5.17 Å². The van der Waals surface area contributed by atoms with Gasteiger partial charge in [0, 0.05) is 11.1 Å². The molecule has 0 atom stereocenters. The maximum atomic E-state index is 5.37. The van der Waals surface area contributed by atoms with Crippen LogP contribution in [0.4, 0.5) is 0 Å². The summed E-state index contributed by atoms with van der Waals surface area (Å²) in [5.41, 5.74) is 3.94. The lowest BCUT2D eigenvalue weighted by atomic mass is 9.92. The molecule has 0 bridgehead atoms. The van der Waals surface area contributed by atoms with Gasteiger partial charge in [0.2, 0.25) is 5.66 Å². The highest BCUT2D eigenvalue weighted by Gasteiger charge is 2.45. The molecule has 3 rings (SSSR count). The first-order valence-corrected chi connectivity index (χ1v) is 6.01. The van der Waals surface area contributed by atoms with Crippen LogP contribution in [-0.4, -0.2) is 12.3 Å². The Bertz CT molecular complexity index is 531. The Morgan fingerprint density at radius 2 is 1.47 bits per heavy atom. The van der Waals surface area contributed by atoms with E-state index in [1.807, 2.05) is 60.7 Å². The summed E-state index contributed by atoms with van der Waals surface area (Å²) in [6.45, 7) is 0. The summed E-state index contributed by atoms with van der Waals surface area (Å²) < 4.78 is 0. The van der Waals surface area contributed by atoms with E-state index in [2.05, 4.69) is 15.9 Å². The van der Waals surface area contributed by atoms with Crippen LogP contribution < -0.4 is 5.53 Å². The van der Waals surface area contributed by atoms with Gasteiger partial charge in [-0.3, -0.25) is 4.84 Å². The molecular formula is C14H14N4O. The maximum absolute atomic E-state index is 5.37. The number of hydrogen-bond acceptors (Lipinski definition) is 5. The molecule has 0 amide bonds. The third-order valence-electron chi connectivity index (χ3n) is 3.16. The first-order chi connectivity index (χ1) is 9.38. The lowest BCUT2D eigenvalue weighted by Gasteiger charge is -2.32. The zero-order valence-electron chi connectivity index (χ0n) is 10.5. The van der Waals surface area contributed by atoms with Gasteiger partial charge in [0.15, 0.2) is 0 Å². The second-order valence-corrected chi connectivity index (χ2v) is 4.18. The molecule has 5 heteroatoms. The van der Waals surface area contributed by atoms with Gasteiger partial charge in [-0.15, -0.1) is 5.11 Å². The molecule has 2 aromatic rings. The fourth-order valence-corrected chi connectivity index (χ4v) is 2.28. The zero-order valence-corrected chi connectivity index (χ0v) is 10.5. The molecule has 0 saturated heterocycles. The van der Waals surface area contributed by atoms with Crippen LogP contribution in [-0.2, 0) is 10.5 Å². The van der Waals surface area contributed by atoms with Crippen LogP contribution >= 0.6 is 0 Å². The number of nitrogens with one attached hydrogen (secondary N) is 1. The normalized spacial score (nSPS) is 17.3. The van der Waals surface area contributed by atoms with Gasteiger partial charge in [0.25, 0.3) is 0 Å². The number of benzene rings is 2. The van der Waals surface area contributed by atoms with E-state index in [1.54, 1.807) is 7.11 Å². The van der Waals surface area contributed by atoms with E-state index in [0.29, 0.717) is 0 Å². The Kier molecular flexibility index (Phi) is 2.98. The second kappa shape index (κ2) is 4.79. The second-order valence-electron chi connectivity index (χ2n) is 4.18. The summed E-state index contributed by atoms with van der Waals surface area (Å²) in [6.07, 6.45) is 0. The molecule has 19 heavy (non-hydrogen) atoms. The predicted molar refractivity (Wildman–Crippen MR) is 70.5 cm³/mol. The molecule has 1 aliphatic heterocycles. The van der Waals surface area contributed by atoms with Gasteiger partial charge in [-0.2, -0.15) is 5.53 Å². The van der Waals surface area contributed by atoms with Crippen molar-refractivity contribution in [2.75, 3.05) is 7.11 Å². The quantitative estimate of drug-likeness (QED) is 0.916. The van der Waals surface area contributed by atoms with Crippen molar-refractivity contribution in [3.63, 3.8) is 0 Å². The Morgan fingerprint density at radius 3 is 1.95 bits per heavy atom. The highest BCUT2D eigenvalue weighted by Crippen LogP contribution is 2.39. The van der Waals surface area contributed by atoms with E-state index in [9.17, 15) is 0 Å². The van der Waals surface area contributed by atoms with Crippen LogP contribution in [0.2, 0.25) is 0 Å². The minimum absolute atomic E-state index is 0.794. The van der Waals surface area contributed by atoms with Crippen molar-refractivity contribution in [1.29, 1.82) is 0 Å². The van der Waals surface area contributed by atoms with E-state index in [1.165, 1.54) is 5.17 Å². The molecule has 0 unspecified atom stereocenters. The first-order valence-electron chi connectivity index (χ1n) is 6.01. The largest absolute Gasteiger partial charge is 0.279 e. The highest BCUT2D eigenvalue weighted by atomic mass is 16.7. The number of hydrogen-bond donors (Lipinski definition) is 1. The van der Waals surface area contributed by atoms with Gasteiger partial charge in [-0.1, -0.05) is 65.9 Å². The van der Waals surface area contributed by atoms with Crippen molar-refractivity contribution in [3.05, 3.63) is 71.8 Å². The summed E-state index contributed by atoms with van der Waals surface area (Å²) in [6, 6.07) is 19.9. The predicted octanol–water partition coefficient (Wildman–Crippen LogP) is 2.64. The Morgan fingerprint density at radius 1 is 0.947 bits per heavy atom. The summed E-state index contributed by atoms with van der Waals surface area (Å²) >= 11 is 0. The Hall–Kier alpha value is -2.24. The molecule has 0 radical (unpaired) electrons. The molecule has 1 aliphatic rings. The first kappa shape index (κ1) is 11.8. The van der Waals surface area contributed by atoms with Gasteiger partial charge in [0.05, 0.1) is 7.11 Å². The molecule has 0 aliphatic carbocycles. The fraction of sp³-hybridized carbons (Fsp3) is 0.143. The molecule has 5 nitrogen and oxygen atoms in total. The number of nitrogens with zero attached hydrogens (tertiary/aromatic N) is 3. The molecule has 0 saturated carbocycles. The van der Waals surface area contributed by atoms with Crippen molar-refractivity contribution < 1.29 is 4.84 Å². The minimum atomic E-state index is -0.794. The monoisotopic (exact) mass is 254 g/mol. The third kappa shape index (κ3) is 1.80. The van der Waals surface area contributed by atoms with E-state index in [0.717, 1.165) is 11.1 Å². The van der Waals surface area contributed by atoms with Crippen molar-refractivity contribution in [1.82, 2.24) is 10.7 Å². The molecule has 96 valence electrons. The standard InChI is InChI=1S/C14H14N4O/c1-19-18-14(15-16-17-18,12-8-4-2-5-9-12)13-10-6-3-7-11-13/h2-11H,1H3,(H,15,17). The maximum Gasteiger partial charge on any atom is 0.230 e. The van der Waals surface area contributed by atoms with E-state index in [-0.39, 0.29) is 0 Å². The van der Waals surface area contributed by atoms with Crippen LogP contribution in [0.25, 0.3) is 0 Å². The summed E-state index contributed by atoms with van der Waals surface area (Å²) in [7, 11) is 1.59. The van der Waals surface area contributed by atoms with E-state index in [4.69, 9.17) is 4.84 Å². The molecular weight excluding hydrogens is 240 g/mol. The third-order valence-corrected chi connectivity index (χ3v) is 3.16. The zero-order chi connectivity index (χ0) is 13.1. The van der Waals surface area contributed by atoms with Gasteiger partial charge >= 0.3 is 0 Å². The summed E-state index contributed by atoms with van der Waals surface area (Å²) in [5.74, 6) is 0. The fourth-order valence-electron chi connectivity index (χ4n) is 2.28. The van der Waals surface area contributed by atoms with Crippen LogP contribution in [0.5, 0.6) is 0 Å². The topological polar surface area (TPSA) is 49.2 Å². The van der Waals surface area contributed by atoms with E-state index >= 15 is 0 Å². The number of hydrazine groups is 1. The van der Waals surface area contributed by atoms with Crippen LogP contribution in [0.1, 0.15) is 11.1 Å². The Labute approximate surface area is 111 Å². The molecule has 0 fully saturated rings. The van der Waals surface area contributed by atoms with Crippen molar-refractivity contribution >= 4 is 0 Å². The van der Waals surface area contributed by atoms with Gasteiger partial charge in [-0.25, -0.2) is 0 Å². The number of hydroxylamine groups is 1. The molecule has 0 aromatic heterocycles. The number of rotatable bonds is 3. The molecule has 2 aromatic carbocycles. The van der Waals surface area contributed by atoms with Gasteiger partial charge in [0.1, 0.15) is 0 Å². The van der Waals surface area contributed by atoms with Gasteiger partial charge < -0.3 is 0 Å². The summed E-state index contributed by atoms with van der Waals surface area (Å²) in [4.78, 5) is 5.37.